The van der Waals surface area contributed by atoms with Crippen LogP contribution in [0.5, 0.6) is 11.5 Å². The highest BCUT2D eigenvalue weighted by molar-refractivity contribution is 6.13. The number of aryl methyl sites for hydroxylation is 2. The van der Waals surface area contributed by atoms with E-state index >= 15 is 0 Å². The number of rotatable bonds is 5. The SMILES string of the molecule is COc1cccc2c1c(OC)cc1c3c(ccc12)[C@H](CCc1cccc(C(F)(F)F)c1)CCC3. The molecule has 1 aliphatic rings. The number of hydrogen-bond acceptors (Lipinski definition) is 2. The van der Waals surface area contributed by atoms with Gasteiger partial charge in [0.1, 0.15) is 11.5 Å². The second kappa shape index (κ2) is 8.86. The first-order chi connectivity index (χ1) is 16.4. The van der Waals surface area contributed by atoms with Crippen LogP contribution in [0.15, 0.2) is 60.7 Å². The summed E-state index contributed by atoms with van der Waals surface area (Å²) in [6.07, 6.45) is 0.263. The first kappa shape index (κ1) is 22.6. The predicted molar refractivity (Wildman–Crippen MR) is 130 cm³/mol. The molecule has 4 aromatic rings. The summed E-state index contributed by atoms with van der Waals surface area (Å²) in [5.74, 6) is 1.90. The van der Waals surface area contributed by atoms with Gasteiger partial charge in [-0.05, 0) is 89.1 Å². The van der Waals surface area contributed by atoms with Gasteiger partial charge in [0.25, 0.3) is 0 Å². The van der Waals surface area contributed by atoms with Crippen molar-refractivity contribution in [2.45, 2.75) is 44.2 Å². The average molecular weight is 465 g/mol. The van der Waals surface area contributed by atoms with Crippen LogP contribution in [0.25, 0.3) is 21.5 Å². The molecule has 0 saturated carbocycles. The van der Waals surface area contributed by atoms with Gasteiger partial charge < -0.3 is 9.47 Å². The lowest BCUT2D eigenvalue weighted by Gasteiger charge is -2.27. The van der Waals surface area contributed by atoms with Crippen LogP contribution in [-0.4, -0.2) is 14.2 Å². The molecule has 0 saturated heterocycles. The molecule has 0 amide bonds. The second-order valence-electron chi connectivity index (χ2n) is 9.02. The largest absolute Gasteiger partial charge is 0.496 e. The summed E-state index contributed by atoms with van der Waals surface area (Å²) in [5.41, 5.74) is 2.81. The highest BCUT2D eigenvalue weighted by Crippen LogP contribution is 2.44. The molecule has 5 heteroatoms. The Balaban J connectivity index is 1.53. The fourth-order valence-corrected chi connectivity index (χ4v) is 5.51. The van der Waals surface area contributed by atoms with E-state index in [1.54, 1.807) is 20.3 Å². The molecule has 0 fully saturated rings. The minimum atomic E-state index is -4.31. The van der Waals surface area contributed by atoms with Crippen molar-refractivity contribution < 1.29 is 22.6 Å². The summed E-state index contributed by atoms with van der Waals surface area (Å²) in [6.45, 7) is 0. The zero-order valence-electron chi connectivity index (χ0n) is 19.3. The Bertz CT molecular complexity index is 1360. The van der Waals surface area contributed by atoms with Crippen LogP contribution in [0.2, 0.25) is 0 Å². The first-order valence-electron chi connectivity index (χ1n) is 11.7. The van der Waals surface area contributed by atoms with Crippen molar-refractivity contribution in [1.82, 2.24) is 0 Å². The molecule has 1 aliphatic carbocycles. The highest BCUT2D eigenvalue weighted by atomic mass is 19.4. The zero-order valence-corrected chi connectivity index (χ0v) is 19.3. The normalized spacial score (nSPS) is 16.0. The Hall–Kier alpha value is -3.21. The molecular formula is C29H27F3O2. The molecule has 2 nitrogen and oxygen atoms in total. The molecule has 0 aliphatic heterocycles. The third-order valence-corrected chi connectivity index (χ3v) is 7.13. The topological polar surface area (TPSA) is 18.5 Å². The van der Waals surface area contributed by atoms with E-state index in [1.165, 1.54) is 34.0 Å². The van der Waals surface area contributed by atoms with Crippen LogP contribution in [-0.2, 0) is 19.0 Å². The van der Waals surface area contributed by atoms with Crippen LogP contribution in [0.4, 0.5) is 13.2 Å². The van der Waals surface area contributed by atoms with E-state index in [-0.39, 0.29) is 0 Å². The van der Waals surface area contributed by atoms with Gasteiger partial charge in [0.05, 0.1) is 25.2 Å². The van der Waals surface area contributed by atoms with Crippen LogP contribution in [0, 0.1) is 0 Å². The van der Waals surface area contributed by atoms with E-state index < -0.39 is 11.7 Å². The van der Waals surface area contributed by atoms with E-state index in [0.29, 0.717) is 12.3 Å². The van der Waals surface area contributed by atoms with Gasteiger partial charge in [-0.15, -0.1) is 0 Å². The average Bonchev–Trinajstić information content (AvgIpc) is 2.85. The van der Waals surface area contributed by atoms with Gasteiger partial charge in [0, 0.05) is 0 Å². The summed E-state index contributed by atoms with van der Waals surface area (Å²) < 4.78 is 50.7. The highest BCUT2D eigenvalue weighted by Gasteiger charge is 2.30. The Morgan fingerprint density at radius 3 is 2.41 bits per heavy atom. The Kier molecular flexibility index (Phi) is 5.88. The summed E-state index contributed by atoms with van der Waals surface area (Å²) in [4.78, 5) is 0. The minimum Gasteiger partial charge on any atom is -0.496 e. The molecular weight excluding hydrogens is 437 g/mol. The monoisotopic (exact) mass is 464 g/mol. The molecule has 34 heavy (non-hydrogen) atoms. The van der Waals surface area contributed by atoms with Crippen molar-refractivity contribution in [2.24, 2.45) is 0 Å². The van der Waals surface area contributed by atoms with Crippen molar-refractivity contribution in [1.29, 1.82) is 0 Å². The maximum absolute atomic E-state index is 13.1. The van der Waals surface area contributed by atoms with E-state index in [9.17, 15) is 13.2 Å². The van der Waals surface area contributed by atoms with E-state index in [4.69, 9.17) is 9.47 Å². The summed E-state index contributed by atoms with van der Waals surface area (Å²) in [7, 11) is 3.35. The first-order valence-corrected chi connectivity index (χ1v) is 11.7. The molecule has 0 bridgehead atoms. The standard InChI is InChI=1S/C29H27F3O2/c1-33-26-11-5-10-24-23-15-14-21-19(13-12-18-6-3-8-20(16-18)29(30,31)32)7-4-9-22(21)25(23)17-27(34-2)28(24)26/h3,5-6,8,10-11,14-17,19H,4,7,9,12-13H2,1-2H3/t19-/m0/s1. The quantitative estimate of drug-likeness (QED) is 0.278. The van der Waals surface area contributed by atoms with Crippen LogP contribution < -0.4 is 9.47 Å². The molecule has 0 radical (unpaired) electrons. The van der Waals surface area contributed by atoms with Crippen LogP contribution in [0.1, 0.15) is 47.4 Å². The second-order valence-corrected chi connectivity index (χ2v) is 9.02. The van der Waals surface area contributed by atoms with E-state index in [1.807, 2.05) is 12.1 Å². The van der Waals surface area contributed by atoms with Gasteiger partial charge >= 0.3 is 6.18 Å². The fraction of sp³-hybridized carbons (Fsp3) is 0.310. The molecule has 0 unspecified atom stereocenters. The van der Waals surface area contributed by atoms with Gasteiger partial charge in [0.2, 0.25) is 0 Å². The number of hydrogen-bond donors (Lipinski definition) is 0. The maximum Gasteiger partial charge on any atom is 0.416 e. The molecule has 176 valence electrons. The lowest BCUT2D eigenvalue weighted by atomic mass is 9.77. The Morgan fingerprint density at radius 1 is 0.853 bits per heavy atom. The van der Waals surface area contributed by atoms with Gasteiger partial charge in [0.15, 0.2) is 0 Å². The van der Waals surface area contributed by atoms with Crippen molar-refractivity contribution in [3.05, 3.63) is 82.9 Å². The Morgan fingerprint density at radius 2 is 1.65 bits per heavy atom. The summed E-state index contributed by atoms with van der Waals surface area (Å²) in [5, 5.41) is 4.44. The Labute approximate surface area is 197 Å². The van der Waals surface area contributed by atoms with Crippen LogP contribution >= 0.6 is 0 Å². The van der Waals surface area contributed by atoms with Gasteiger partial charge in [-0.3, -0.25) is 0 Å². The number of methoxy groups -OCH3 is 2. The zero-order chi connectivity index (χ0) is 23.9. The number of fused-ring (bicyclic) bond motifs is 5. The van der Waals surface area contributed by atoms with Crippen LogP contribution in [0.3, 0.4) is 0 Å². The molecule has 0 spiro atoms. The minimum absolute atomic E-state index is 0.328. The molecule has 1 atom stereocenters. The lowest BCUT2D eigenvalue weighted by molar-refractivity contribution is -0.137. The molecule has 0 heterocycles. The van der Waals surface area contributed by atoms with Crippen molar-refractivity contribution in [2.75, 3.05) is 14.2 Å². The van der Waals surface area contributed by atoms with E-state index in [0.717, 1.165) is 59.6 Å². The fourth-order valence-electron chi connectivity index (χ4n) is 5.51. The number of halogens is 3. The van der Waals surface area contributed by atoms with Gasteiger partial charge in [-0.2, -0.15) is 13.2 Å². The van der Waals surface area contributed by atoms with Crippen molar-refractivity contribution >= 4 is 21.5 Å². The van der Waals surface area contributed by atoms with E-state index in [2.05, 4.69) is 24.3 Å². The van der Waals surface area contributed by atoms with Crippen molar-refractivity contribution in [3.63, 3.8) is 0 Å². The number of alkyl halides is 3. The lowest BCUT2D eigenvalue weighted by Crippen LogP contribution is -2.12. The molecule has 4 aromatic carbocycles. The molecule has 0 aromatic heterocycles. The third kappa shape index (κ3) is 3.97. The third-order valence-electron chi connectivity index (χ3n) is 7.13. The van der Waals surface area contributed by atoms with Gasteiger partial charge in [-0.25, -0.2) is 0 Å². The number of ether oxygens (including phenoxy) is 2. The summed E-state index contributed by atoms with van der Waals surface area (Å²) >= 11 is 0. The van der Waals surface area contributed by atoms with Gasteiger partial charge in [-0.1, -0.05) is 42.5 Å². The smallest absolute Gasteiger partial charge is 0.416 e. The predicted octanol–water partition coefficient (Wildman–Crippen LogP) is 8.08. The molecule has 5 rings (SSSR count). The number of benzene rings is 4. The van der Waals surface area contributed by atoms with Crippen molar-refractivity contribution in [3.8, 4) is 11.5 Å². The maximum atomic E-state index is 13.1. The molecule has 0 N–H and O–H groups in total. The summed E-state index contributed by atoms with van der Waals surface area (Å²) in [6, 6.07) is 18.3.